The van der Waals surface area contributed by atoms with Crippen LogP contribution >= 0.6 is 0 Å². The number of benzene rings is 1. The molecule has 0 atom stereocenters. The zero-order valence-electron chi connectivity index (χ0n) is 11.6. The molecule has 1 aliphatic rings. The molecular formula is C16H21N3O. The number of rotatable bonds is 6. The molecule has 0 unspecified atom stereocenters. The second-order valence-corrected chi connectivity index (χ2v) is 5.68. The summed E-state index contributed by atoms with van der Waals surface area (Å²) in [5.74, 6) is 0. The molecular weight excluding hydrogens is 250 g/mol. The molecule has 0 saturated heterocycles. The summed E-state index contributed by atoms with van der Waals surface area (Å²) in [5.41, 5.74) is 2.38. The van der Waals surface area contributed by atoms with Gasteiger partial charge in [-0.3, -0.25) is 4.68 Å². The number of nitrogens with one attached hydrogen (secondary N) is 1. The molecule has 1 aliphatic carbocycles. The lowest BCUT2D eigenvalue weighted by Crippen LogP contribution is -2.53. The Morgan fingerprint density at radius 3 is 2.65 bits per heavy atom. The van der Waals surface area contributed by atoms with Crippen molar-refractivity contribution in [2.45, 2.75) is 37.9 Å². The minimum absolute atomic E-state index is 0.0401. The third-order valence-corrected chi connectivity index (χ3v) is 4.15. The first-order chi connectivity index (χ1) is 9.80. The van der Waals surface area contributed by atoms with Gasteiger partial charge in [-0.05, 0) is 24.8 Å². The van der Waals surface area contributed by atoms with Gasteiger partial charge in [0.15, 0.2) is 0 Å². The second-order valence-electron chi connectivity index (χ2n) is 5.68. The van der Waals surface area contributed by atoms with Crippen molar-refractivity contribution in [3.63, 3.8) is 0 Å². The quantitative estimate of drug-likeness (QED) is 0.844. The van der Waals surface area contributed by atoms with Crippen LogP contribution in [0.2, 0.25) is 0 Å². The van der Waals surface area contributed by atoms with E-state index in [1.807, 2.05) is 29.1 Å². The smallest absolute Gasteiger partial charge is 0.0659 e. The SMILES string of the molecule is OCC1(NCc2cnn(Cc3ccccc3)c2)CCC1. The number of aliphatic hydroxyl groups is 1. The van der Waals surface area contributed by atoms with Crippen LogP contribution in [0.25, 0.3) is 0 Å². The molecule has 4 nitrogen and oxygen atoms in total. The maximum absolute atomic E-state index is 9.43. The zero-order chi connectivity index (χ0) is 13.8. The summed E-state index contributed by atoms with van der Waals surface area (Å²) in [4.78, 5) is 0. The van der Waals surface area contributed by atoms with E-state index in [4.69, 9.17) is 0 Å². The fourth-order valence-electron chi connectivity index (χ4n) is 2.64. The predicted octanol–water partition coefficient (Wildman–Crippen LogP) is 1.94. The summed E-state index contributed by atoms with van der Waals surface area (Å²) >= 11 is 0. The van der Waals surface area contributed by atoms with Gasteiger partial charge in [-0.1, -0.05) is 30.3 Å². The highest BCUT2D eigenvalue weighted by Gasteiger charge is 2.35. The van der Waals surface area contributed by atoms with Crippen molar-refractivity contribution < 1.29 is 5.11 Å². The average Bonchev–Trinajstić information content (AvgIpc) is 2.87. The highest BCUT2D eigenvalue weighted by atomic mass is 16.3. The van der Waals surface area contributed by atoms with Crippen molar-refractivity contribution in [3.05, 3.63) is 53.9 Å². The van der Waals surface area contributed by atoms with E-state index in [-0.39, 0.29) is 12.1 Å². The summed E-state index contributed by atoms with van der Waals surface area (Å²) in [6, 6.07) is 10.3. The molecule has 3 rings (SSSR count). The van der Waals surface area contributed by atoms with Crippen molar-refractivity contribution in [1.29, 1.82) is 0 Å². The first kappa shape index (κ1) is 13.3. The van der Waals surface area contributed by atoms with Crippen LogP contribution in [0.4, 0.5) is 0 Å². The van der Waals surface area contributed by atoms with E-state index in [0.29, 0.717) is 0 Å². The number of aliphatic hydroxyl groups excluding tert-OH is 1. The van der Waals surface area contributed by atoms with E-state index in [1.165, 1.54) is 17.5 Å². The molecule has 1 heterocycles. The minimum atomic E-state index is -0.0401. The molecule has 2 N–H and O–H groups in total. The average molecular weight is 271 g/mol. The normalized spacial score (nSPS) is 16.9. The number of hydrogen-bond donors (Lipinski definition) is 2. The van der Waals surface area contributed by atoms with Crippen LogP contribution in [-0.2, 0) is 13.1 Å². The van der Waals surface area contributed by atoms with Crippen LogP contribution in [0.3, 0.4) is 0 Å². The molecule has 1 saturated carbocycles. The fourth-order valence-corrected chi connectivity index (χ4v) is 2.64. The van der Waals surface area contributed by atoms with E-state index in [0.717, 1.165) is 25.9 Å². The Morgan fingerprint density at radius 2 is 2.00 bits per heavy atom. The van der Waals surface area contributed by atoms with E-state index in [1.54, 1.807) is 0 Å². The monoisotopic (exact) mass is 271 g/mol. The molecule has 0 radical (unpaired) electrons. The fraction of sp³-hybridized carbons (Fsp3) is 0.438. The minimum Gasteiger partial charge on any atom is -0.394 e. The van der Waals surface area contributed by atoms with Gasteiger partial charge in [0, 0.05) is 23.8 Å². The molecule has 0 bridgehead atoms. The Morgan fingerprint density at radius 1 is 1.20 bits per heavy atom. The molecule has 0 aliphatic heterocycles. The van der Waals surface area contributed by atoms with Crippen molar-refractivity contribution >= 4 is 0 Å². The van der Waals surface area contributed by atoms with E-state index in [2.05, 4.69) is 28.7 Å². The highest BCUT2D eigenvalue weighted by Crippen LogP contribution is 2.31. The van der Waals surface area contributed by atoms with Crippen molar-refractivity contribution in [2.75, 3.05) is 6.61 Å². The van der Waals surface area contributed by atoms with Crippen LogP contribution < -0.4 is 5.32 Å². The number of nitrogens with zero attached hydrogens (tertiary/aromatic N) is 2. The van der Waals surface area contributed by atoms with E-state index < -0.39 is 0 Å². The molecule has 0 spiro atoms. The van der Waals surface area contributed by atoms with Crippen LogP contribution in [0, 0.1) is 0 Å². The third kappa shape index (κ3) is 2.92. The largest absolute Gasteiger partial charge is 0.394 e. The van der Waals surface area contributed by atoms with Gasteiger partial charge in [-0.2, -0.15) is 5.10 Å². The lowest BCUT2D eigenvalue weighted by atomic mass is 9.77. The number of aromatic nitrogens is 2. The standard InChI is InChI=1S/C16H21N3O/c20-13-16(7-4-8-16)17-9-15-10-18-19(12-15)11-14-5-2-1-3-6-14/h1-3,5-6,10,12,17,20H,4,7-9,11,13H2. The summed E-state index contributed by atoms with van der Waals surface area (Å²) in [5, 5.41) is 17.3. The maximum Gasteiger partial charge on any atom is 0.0659 e. The first-order valence-electron chi connectivity index (χ1n) is 7.21. The predicted molar refractivity (Wildman–Crippen MR) is 78.3 cm³/mol. The van der Waals surface area contributed by atoms with Gasteiger partial charge in [0.05, 0.1) is 19.3 Å². The summed E-state index contributed by atoms with van der Waals surface area (Å²) in [7, 11) is 0. The Hall–Kier alpha value is -1.65. The van der Waals surface area contributed by atoms with Crippen LogP contribution in [0.1, 0.15) is 30.4 Å². The van der Waals surface area contributed by atoms with E-state index >= 15 is 0 Å². The Bertz CT molecular complexity index is 540. The lowest BCUT2D eigenvalue weighted by molar-refractivity contribution is 0.0872. The van der Waals surface area contributed by atoms with Gasteiger partial charge in [0.1, 0.15) is 0 Å². The van der Waals surface area contributed by atoms with Crippen molar-refractivity contribution in [3.8, 4) is 0 Å². The first-order valence-corrected chi connectivity index (χ1v) is 7.21. The Kier molecular flexibility index (Phi) is 3.85. The van der Waals surface area contributed by atoms with Crippen LogP contribution in [0.15, 0.2) is 42.7 Å². The van der Waals surface area contributed by atoms with Gasteiger partial charge in [0.2, 0.25) is 0 Å². The third-order valence-electron chi connectivity index (χ3n) is 4.15. The molecule has 1 fully saturated rings. The molecule has 2 aromatic rings. The second kappa shape index (κ2) is 5.77. The summed E-state index contributed by atoms with van der Waals surface area (Å²) in [6.07, 6.45) is 7.33. The van der Waals surface area contributed by atoms with E-state index in [9.17, 15) is 5.11 Å². The zero-order valence-corrected chi connectivity index (χ0v) is 11.6. The highest BCUT2D eigenvalue weighted by molar-refractivity contribution is 5.15. The van der Waals surface area contributed by atoms with Gasteiger partial charge >= 0.3 is 0 Å². The van der Waals surface area contributed by atoms with Gasteiger partial charge < -0.3 is 10.4 Å². The molecule has 1 aromatic heterocycles. The van der Waals surface area contributed by atoms with Crippen LogP contribution in [-0.4, -0.2) is 27.0 Å². The van der Waals surface area contributed by atoms with Gasteiger partial charge in [0.25, 0.3) is 0 Å². The molecule has 20 heavy (non-hydrogen) atoms. The summed E-state index contributed by atoms with van der Waals surface area (Å²) in [6.45, 7) is 1.80. The topological polar surface area (TPSA) is 50.1 Å². The number of hydrogen-bond acceptors (Lipinski definition) is 3. The maximum atomic E-state index is 9.43. The van der Waals surface area contributed by atoms with Crippen LogP contribution in [0.5, 0.6) is 0 Å². The molecule has 0 amide bonds. The van der Waals surface area contributed by atoms with Gasteiger partial charge in [-0.15, -0.1) is 0 Å². The Labute approximate surface area is 119 Å². The molecule has 106 valence electrons. The lowest BCUT2D eigenvalue weighted by Gasteiger charge is -2.41. The molecule has 4 heteroatoms. The summed E-state index contributed by atoms with van der Waals surface area (Å²) < 4.78 is 1.96. The molecule has 1 aromatic carbocycles. The van der Waals surface area contributed by atoms with Crippen molar-refractivity contribution in [1.82, 2.24) is 15.1 Å². The van der Waals surface area contributed by atoms with Gasteiger partial charge in [-0.25, -0.2) is 0 Å². The Balaban J connectivity index is 1.57. The van der Waals surface area contributed by atoms with Crippen molar-refractivity contribution in [2.24, 2.45) is 0 Å².